The van der Waals surface area contributed by atoms with Crippen LogP contribution in [0, 0.1) is 5.82 Å². The second-order valence-corrected chi connectivity index (χ2v) is 5.21. The maximum atomic E-state index is 12.9. The van der Waals surface area contributed by atoms with Crippen molar-refractivity contribution in [2.45, 2.75) is 12.8 Å². The number of carbonyl (C=O) groups excluding carboxylic acids is 1. The molecule has 21 heavy (non-hydrogen) atoms. The van der Waals surface area contributed by atoms with Gasteiger partial charge in [0.05, 0.1) is 0 Å². The molecule has 1 saturated heterocycles. The number of anilines is 2. The van der Waals surface area contributed by atoms with Gasteiger partial charge in [-0.15, -0.1) is 0 Å². The van der Waals surface area contributed by atoms with Crippen LogP contribution in [0.15, 0.2) is 48.5 Å². The fraction of sp³-hybridized carbons (Fsp3) is 0.235. The van der Waals surface area contributed by atoms with Gasteiger partial charge < -0.3 is 10.2 Å². The summed E-state index contributed by atoms with van der Waals surface area (Å²) >= 11 is 0. The molecule has 1 aliphatic rings. The maximum Gasteiger partial charge on any atom is 0.255 e. The van der Waals surface area contributed by atoms with Gasteiger partial charge >= 0.3 is 0 Å². The van der Waals surface area contributed by atoms with Crippen LogP contribution in [0.5, 0.6) is 0 Å². The first kappa shape index (κ1) is 13.6. The molecular formula is C17H17FN2O. The molecule has 1 N–H and O–H groups in total. The van der Waals surface area contributed by atoms with E-state index in [4.69, 9.17) is 0 Å². The molecule has 0 saturated carbocycles. The normalized spacial score (nSPS) is 14.2. The molecule has 1 amide bonds. The molecule has 0 spiro atoms. The first-order chi connectivity index (χ1) is 10.2. The number of nitrogens with zero attached hydrogens (tertiary/aromatic N) is 1. The number of hydrogen-bond donors (Lipinski definition) is 1. The van der Waals surface area contributed by atoms with Gasteiger partial charge in [-0.05, 0) is 55.3 Å². The Morgan fingerprint density at radius 2 is 1.76 bits per heavy atom. The minimum Gasteiger partial charge on any atom is -0.372 e. The van der Waals surface area contributed by atoms with Gasteiger partial charge in [0.2, 0.25) is 0 Å². The molecule has 0 radical (unpaired) electrons. The van der Waals surface area contributed by atoms with Crippen molar-refractivity contribution in [1.82, 2.24) is 0 Å². The highest BCUT2D eigenvalue weighted by atomic mass is 19.1. The minimum atomic E-state index is -0.316. The quantitative estimate of drug-likeness (QED) is 0.932. The third-order valence-corrected chi connectivity index (χ3v) is 3.68. The van der Waals surface area contributed by atoms with E-state index >= 15 is 0 Å². The Bertz CT molecular complexity index is 633. The first-order valence-electron chi connectivity index (χ1n) is 7.14. The predicted molar refractivity (Wildman–Crippen MR) is 82.2 cm³/mol. The average molecular weight is 284 g/mol. The number of benzene rings is 2. The Kier molecular flexibility index (Phi) is 3.86. The summed E-state index contributed by atoms with van der Waals surface area (Å²) in [5, 5.41) is 2.78. The van der Waals surface area contributed by atoms with Gasteiger partial charge in [0.15, 0.2) is 0 Å². The first-order valence-corrected chi connectivity index (χ1v) is 7.14. The Hall–Kier alpha value is -2.36. The van der Waals surface area contributed by atoms with Crippen LogP contribution in [0.2, 0.25) is 0 Å². The summed E-state index contributed by atoms with van der Waals surface area (Å²) in [5.41, 5.74) is 2.29. The van der Waals surface area contributed by atoms with E-state index < -0.39 is 0 Å². The Morgan fingerprint density at radius 1 is 1.05 bits per heavy atom. The number of nitrogens with one attached hydrogen (secondary N) is 1. The second-order valence-electron chi connectivity index (χ2n) is 5.21. The molecule has 1 fully saturated rings. The van der Waals surface area contributed by atoms with E-state index in [0.29, 0.717) is 11.3 Å². The number of carbonyl (C=O) groups is 1. The standard InChI is InChI=1S/C17H17FN2O/c18-14-6-8-15(9-7-14)19-17(21)13-4-3-5-16(12-13)20-10-1-2-11-20/h3-9,12H,1-2,10-11H2,(H,19,21). The highest BCUT2D eigenvalue weighted by molar-refractivity contribution is 6.04. The van der Waals surface area contributed by atoms with Crippen molar-refractivity contribution in [1.29, 1.82) is 0 Å². The lowest BCUT2D eigenvalue weighted by Crippen LogP contribution is -2.18. The average Bonchev–Trinajstić information content (AvgIpc) is 3.04. The zero-order valence-corrected chi connectivity index (χ0v) is 11.7. The molecular weight excluding hydrogens is 267 g/mol. The fourth-order valence-corrected chi connectivity index (χ4v) is 2.56. The molecule has 0 unspecified atom stereocenters. The third kappa shape index (κ3) is 3.21. The van der Waals surface area contributed by atoms with Crippen molar-refractivity contribution in [2.24, 2.45) is 0 Å². The summed E-state index contributed by atoms with van der Waals surface area (Å²) in [7, 11) is 0. The molecule has 0 aromatic heterocycles. The summed E-state index contributed by atoms with van der Waals surface area (Å²) < 4.78 is 12.9. The molecule has 2 aromatic rings. The Morgan fingerprint density at radius 3 is 2.48 bits per heavy atom. The number of hydrogen-bond acceptors (Lipinski definition) is 2. The van der Waals surface area contributed by atoms with Crippen LogP contribution in [0.1, 0.15) is 23.2 Å². The minimum absolute atomic E-state index is 0.178. The topological polar surface area (TPSA) is 32.3 Å². The molecule has 0 bridgehead atoms. The summed E-state index contributed by atoms with van der Waals surface area (Å²) in [5.74, 6) is -0.494. The summed E-state index contributed by atoms with van der Waals surface area (Å²) in [6.07, 6.45) is 2.40. The summed E-state index contributed by atoms with van der Waals surface area (Å²) in [6, 6.07) is 13.4. The lowest BCUT2D eigenvalue weighted by Gasteiger charge is -2.18. The summed E-state index contributed by atoms with van der Waals surface area (Å²) in [4.78, 5) is 14.5. The fourth-order valence-electron chi connectivity index (χ4n) is 2.56. The van der Waals surface area contributed by atoms with Crippen molar-refractivity contribution in [3.05, 3.63) is 59.9 Å². The second kappa shape index (κ2) is 5.95. The largest absolute Gasteiger partial charge is 0.372 e. The highest BCUT2D eigenvalue weighted by Gasteiger charge is 2.14. The van der Waals surface area contributed by atoms with Gasteiger partial charge in [0.25, 0.3) is 5.91 Å². The zero-order chi connectivity index (χ0) is 14.7. The lowest BCUT2D eigenvalue weighted by molar-refractivity contribution is 0.102. The predicted octanol–water partition coefficient (Wildman–Crippen LogP) is 3.68. The van der Waals surface area contributed by atoms with E-state index in [0.717, 1.165) is 18.8 Å². The number of rotatable bonds is 3. The van der Waals surface area contributed by atoms with E-state index in [1.807, 2.05) is 18.2 Å². The van der Waals surface area contributed by atoms with Gasteiger partial charge in [0.1, 0.15) is 5.82 Å². The molecule has 0 atom stereocenters. The van der Waals surface area contributed by atoms with Crippen LogP contribution in [-0.2, 0) is 0 Å². The van der Waals surface area contributed by atoms with Crippen LogP contribution >= 0.6 is 0 Å². The Balaban J connectivity index is 1.74. The molecule has 0 aliphatic carbocycles. The molecule has 2 aromatic carbocycles. The molecule has 108 valence electrons. The van der Waals surface area contributed by atoms with E-state index in [1.165, 1.54) is 25.0 Å². The van der Waals surface area contributed by atoms with Gasteiger partial charge in [-0.2, -0.15) is 0 Å². The SMILES string of the molecule is O=C(Nc1ccc(F)cc1)c1cccc(N2CCCC2)c1. The number of amides is 1. The monoisotopic (exact) mass is 284 g/mol. The van der Waals surface area contributed by atoms with Gasteiger partial charge in [0, 0.05) is 30.0 Å². The van der Waals surface area contributed by atoms with E-state index in [9.17, 15) is 9.18 Å². The van der Waals surface area contributed by atoms with Crippen LogP contribution in [0.3, 0.4) is 0 Å². The van der Waals surface area contributed by atoms with E-state index in [-0.39, 0.29) is 11.7 Å². The molecule has 4 heteroatoms. The van der Waals surface area contributed by atoms with Gasteiger partial charge in [-0.3, -0.25) is 4.79 Å². The van der Waals surface area contributed by atoms with Gasteiger partial charge in [-0.1, -0.05) is 6.07 Å². The molecule has 1 heterocycles. The van der Waals surface area contributed by atoms with Crippen molar-refractivity contribution >= 4 is 17.3 Å². The molecule has 1 aliphatic heterocycles. The van der Waals surface area contributed by atoms with Crippen molar-refractivity contribution in [2.75, 3.05) is 23.3 Å². The van der Waals surface area contributed by atoms with Crippen molar-refractivity contribution in [3.8, 4) is 0 Å². The van der Waals surface area contributed by atoms with Crippen molar-refractivity contribution in [3.63, 3.8) is 0 Å². The van der Waals surface area contributed by atoms with Crippen LogP contribution in [0.4, 0.5) is 15.8 Å². The molecule has 3 rings (SSSR count). The highest BCUT2D eigenvalue weighted by Crippen LogP contribution is 2.21. The number of halogens is 1. The van der Waals surface area contributed by atoms with Crippen molar-refractivity contribution < 1.29 is 9.18 Å². The zero-order valence-electron chi connectivity index (χ0n) is 11.7. The third-order valence-electron chi connectivity index (χ3n) is 3.68. The van der Waals surface area contributed by atoms with E-state index in [2.05, 4.69) is 10.2 Å². The van der Waals surface area contributed by atoms with Crippen LogP contribution in [0.25, 0.3) is 0 Å². The smallest absolute Gasteiger partial charge is 0.255 e. The van der Waals surface area contributed by atoms with Gasteiger partial charge in [-0.25, -0.2) is 4.39 Å². The maximum absolute atomic E-state index is 12.9. The lowest BCUT2D eigenvalue weighted by atomic mass is 10.1. The Labute approximate surface area is 123 Å². The summed E-state index contributed by atoms with van der Waals surface area (Å²) in [6.45, 7) is 2.09. The van der Waals surface area contributed by atoms with Crippen LogP contribution < -0.4 is 10.2 Å². The van der Waals surface area contributed by atoms with E-state index in [1.54, 1.807) is 18.2 Å². The van der Waals surface area contributed by atoms with Crippen LogP contribution in [-0.4, -0.2) is 19.0 Å². The molecule has 3 nitrogen and oxygen atoms in total.